The van der Waals surface area contributed by atoms with Crippen molar-refractivity contribution in [3.63, 3.8) is 0 Å². The Morgan fingerprint density at radius 3 is 2.34 bits per heavy atom. The van der Waals surface area contributed by atoms with Crippen LogP contribution in [-0.4, -0.2) is 54.6 Å². The molecule has 2 heterocycles. The summed E-state index contributed by atoms with van der Waals surface area (Å²) in [4.78, 5) is 17.9. The molecular formula is C27H42N4O. The third kappa shape index (κ3) is 5.37. The van der Waals surface area contributed by atoms with E-state index in [4.69, 9.17) is 0 Å². The number of nitrogens with zero attached hydrogens (tertiary/aromatic N) is 3. The molecule has 0 spiro atoms. The lowest BCUT2D eigenvalue weighted by Crippen LogP contribution is -2.47. The number of hydrogen-bond acceptors (Lipinski definition) is 3. The fourth-order valence-corrected chi connectivity index (χ4v) is 4.79. The zero-order chi connectivity index (χ0) is 23.5. The summed E-state index contributed by atoms with van der Waals surface area (Å²) in [6.07, 6.45) is 0.981. The van der Waals surface area contributed by atoms with Crippen LogP contribution in [0.4, 0.5) is 5.69 Å². The maximum absolute atomic E-state index is 12.8. The normalized spacial score (nSPS) is 15.3. The van der Waals surface area contributed by atoms with Gasteiger partial charge in [-0.2, -0.15) is 0 Å². The van der Waals surface area contributed by atoms with Crippen LogP contribution < -0.4 is 10.2 Å². The maximum Gasteiger partial charge on any atom is 0.253 e. The third-order valence-electron chi connectivity index (χ3n) is 6.92. The van der Waals surface area contributed by atoms with Crippen molar-refractivity contribution in [2.75, 3.05) is 44.2 Å². The van der Waals surface area contributed by atoms with E-state index in [0.717, 1.165) is 63.5 Å². The molecule has 1 aliphatic heterocycles. The third-order valence-corrected chi connectivity index (χ3v) is 6.92. The topological polar surface area (TPSA) is 40.5 Å². The summed E-state index contributed by atoms with van der Waals surface area (Å²) in [6, 6.07) is 8.67. The van der Waals surface area contributed by atoms with Crippen LogP contribution in [0.2, 0.25) is 0 Å². The minimum Gasteiger partial charge on any atom is -0.369 e. The molecule has 2 aromatic rings. The van der Waals surface area contributed by atoms with Crippen LogP contribution in [-0.2, 0) is 12.0 Å². The van der Waals surface area contributed by atoms with Gasteiger partial charge in [0.25, 0.3) is 5.91 Å². The van der Waals surface area contributed by atoms with Gasteiger partial charge in [0, 0.05) is 61.8 Å². The lowest BCUT2D eigenvalue weighted by molar-refractivity contribution is 0.0950. The molecule has 1 saturated heterocycles. The number of aryl methyl sites for hydroxylation is 1. The summed E-state index contributed by atoms with van der Waals surface area (Å²) < 4.78 is 2.27. The van der Waals surface area contributed by atoms with E-state index in [9.17, 15) is 4.79 Å². The quantitative estimate of drug-likeness (QED) is 0.639. The van der Waals surface area contributed by atoms with Gasteiger partial charge in [-0.3, -0.25) is 9.69 Å². The lowest BCUT2D eigenvalue weighted by Gasteiger charge is -2.37. The fourth-order valence-electron chi connectivity index (χ4n) is 4.79. The zero-order valence-corrected chi connectivity index (χ0v) is 21.2. The van der Waals surface area contributed by atoms with Crippen LogP contribution in [0.1, 0.15) is 67.0 Å². The number of hydrogen-bond donors (Lipinski definition) is 1. The Kier molecular flexibility index (Phi) is 7.71. The van der Waals surface area contributed by atoms with Crippen LogP contribution in [0.5, 0.6) is 0 Å². The van der Waals surface area contributed by atoms with Crippen molar-refractivity contribution < 1.29 is 4.79 Å². The number of carbonyl (C=O) groups is 1. The number of piperazine rings is 1. The van der Waals surface area contributed by atoms with Crippen molar-refractivity contribution in [1.29, 1.82) is 0 Å². The van der Waals surface area contributed by atoms with Crippen molar-refractivity contribution in [3.05, 3.63) is 52.3 Å². The number of anilines is 1. The highest BCUT2D eigenvalue weighted by Gasteiger charge is 2.24. The minimum atomic E-state index is 0.0262. The second-order valence-electron chi connectivity index (χ2n) is 10.2. The maximum atomic E-state index is 12.8. The van der Waals surface area contributed by atoms with Crippen molar-refractivity contribution >= 4 is 11.6 Å². The second kappa shape index (κ2) is 10.1. The number of rotatable bonds is 7. The Hall–Kier alpha value is -2.27. The highest BCUT2D eigenvalue weighted by Crippen LogP contribution is 2.27. The van der Waals surface area contributed by atoms with Gasteiger partial charge in [0.1, 0.15) is 0 Å². The molecule has 0 aliphatic carbocycles. The molecule has 1 aromatic heterocycles. The smallest absolute Gasteiger partial charge is 0.253 e. The summed E-state index contributed by atoms with van der Waals surface area (Å²) in [5.41, 5.74) is 7.27. The van der Waals surface area contributed by atoms with Gasteiger partial charge < -0.3 is 14.8 Å². The van der Waals surface area contributed by atoms with Crippen LogP contribution in [0, 0.1) is 20.8 Å². The van der Waals surface area contributed by atoms with E-state index in [0.29, 0.717) is 0 Å². The summed E-state index contributed by atoms with van der Waals surface area (Å²) in [7, 11) is 0. The molecule has 5 heteroatoms. The molecule has 0 atom stereocenters. The highest BCUT2D eigenvalue weighted by atomic mass is 16.1. The van der Waals surface area contributed by atoms with E-state index >= 15 is 0 Å². The SMILES string of the molecule is CCn1c(C(C)(C)C)cc(C(=O)NCCCN2CCN(c3cccc(C)c3C)CC2)c1C. The van der Waals surface area contributed by atoms with E-state index in [1.54, 1.807) is 0 Å². The molecule has 32 heavy (non-hydrogen) atoms. The monoisotopic (exact) mass is 438 g/mol. The Labute approximate surface area is 194 Å². The Balaban J connectivity index is 1.46. The number of benzene rings is 1. The van der Waals surface area contributed by atoms with E-state index < -0.39 is 0 Å². The first kappa shape index (κ1) is 24.4. The molecule has 5 nitrogen and oxygen atoms in total. The average Bonchev–Trinajstić information content (AvgIpc) is 3.10. The van der Waals surface area contributed by atoms with Crippen LogP contribution in [0.25, 0.3) is 0 Å². The summed E-state index contributed by atoms with van der Waals surface area (Å²) >= 11 is 0. The second-order valence-corrected chi connectivity index (χ2v) is 10.2. The van der Waals surface area contributed by atoms with Crippen molar-refractivity contribution in [2.45, 2.75) is 66.8 Å². The molecule has 0 unspecified atom stereocenters. The first-order chi connectivity index (χ1) is 15.1. The van der Waals surface area contributed by atoms with Crippen molar-refractivity contribution in [2.24, 2.45) is 0 Å². The number of nitrogens with one attached hydrogen (secondary N) is 1. The minimum absolute atomic E-state index is 0.0262. The molecule has 0 saturated carbocycles. The van der Waals surface area contributed by atoms with Gasteiger partial charge in [0.15, 0.2) is 0 Å². The fraction of sp³-hybridized carbons (Fsp3) is 0.593. The van der Waals surface area contributed by atoms with Crippen molar-refractivity contribution in [3.8, 4) is 0 Å². The van der Waals surface area contributed by atoms with Crippen LogP contribution in [0.3, 0.4) is 0 Å². The predicted octanol–water partition coefficient (Wildman–Crippen LogP) is 4.67. The molecular weight excluding hydrogens is 396 g/mol. The van der Waals surface area contributed by atoms with E-state index in [-0.39, 0.29) is 11.3 Å². The zero-order valence-electron chi connectivity index (χ0n) is 21.2. The number of amides is 1. The van der Waals surface area contributed by atoms with Gasteiger partial charge in [-0.15, -0.1) is 0 Å². The van der Waals surface area contributed by atoms with Crippen LogP contribution >= 0.6 is 0 Å². The van der Waals surface area contributed by atoms with Crippen molar-refractivity contribution in [1.82, 2.24) is 14.8 Å². The van der Waals surface area contributed by atoms with E-state index in [1.807, 2.05) is 0 Å². The predicted molar refractivity (Wildman–Crippen MR) is 135 cm³/mol. The van der Waals surface area contributed by atoms with Gasteiger partial charge in [0.2, 0.25) is 0 Å². The largest absolute Gasteiger partial charge is 0.369 e. The Bertz CT molecular complexity index is 930. The summed E-state index contributed by atoms with van der Waals surface area (Å²) in [6.45, 7) is 22.1. The molecule has 0 bridgehead atoms. The van der Waals surface area contributed by atoms with E-state index in [1.165, 1.54) is 22.5 Å². The first-order valence-electron chi connectivity index (χ1n) is 12.2. The van der Waals surface area contributed by atoms with Gasteiger partial charge in [-0.25, -0.2) is 0 Å². The molecule has 1 aromatic carbocycles. The number of aromatic nitrogens is 1. The van der Waals surface area contributed by atoms with Gasteiger partial charge in [-0.1, -0.05) is 32.9 Å². The van der Waals surface area contributed by atoms with Gasteiger partial charge in [0.05, 0.1) is 5.56 Å². The number of carbonyl (C=O) groups excluding carboxylic acids is 1. The summed E-state index contributed by atoms with van der Waals surface area (Å²) in [5, 5.41) is 3.15. The molecule has 1 amide bonds. The molecule has 1 aliphatic rings. The first-order valence-corrected chi connectivity index (χ1v) is 12.2. The molecule has 1 N–H and O–H groups in total. The Morgan fingerprint density at radius 1 is 1.06 bits per heavy atom. The Morgan fingerprint density at radius 2 is 1.75 bits per heavy atom. The summed E-state index contributed by atoms with van der Waals surface area (Å²) in [5.74, 6) is 0.0555. The highest BCUT2D eigenvalue weighted by molar-refractivity contribution is 5.95. The molecule has 0 radical (unpaired) electrons. The standard InChI is InChI=1S/C27H42N4O/c1-8-31-22(4)23(19-25(31)27(5,6)7)26(32)28-13-10-14-29-15-17-30(18-16-29)24-12-9-11-20(2)21(24)3/h9,11-12,19H,8,10,13-18H2,1-7H3,(H,28,32). The van der Waals surface area contributed by atoms with E-state index in [2.05, 4.69) is 92.4 Å². The van der Waals surface area contributed by atoms with Gasteiger partial charge >= 0.3 is 0 Å². The average molecular weight is 439 g/mol. The molecule has 176 valence electrons. The van der Waals surface area contributed by atoms with Crippen LogP contribution in [0.15, 0.2) is 24.3 Å². The molecule has 1 fully saturated rings. The van der Waals surface area contributed by atoms with Gasteiger partial charge in [-0.05, 0) is 63.9 Å². The lowest BCUT2D eigenvalue weighted by atomic mass is 9.92. The molecule has 3 rings (SSSR count).